The molecule has 0 aliphatic carbocycles. The molecular weight excluding hydrogens is 212 g/mol. The van der Waals surface area contributed by atoms with Crippen molar-refractivity contribution in [3.63, 3.8) is 0 Å². The molecular formula is C14H18N2O. The molecule has 1 heterocycles. The van der Waals surface area contributed by atoms with Gasteiger partial charge in [0.25, 0.3) is 0 Å². The summed E-state index contributed by atoms with van der Waals surface area (Å²) in [4.78, 5) is 14.2. The average Bonchev–Trinajstić information content (AvgIpc) is 2.67. The van der Waals surface area contributed by atoms with Gasteiger partial charge in [-0.05, 0) is 48.1 Å². The molecule has 1 aromatic carbocycles. The second-order valence-corrected chi connectivity index (χ2v) is 4.42. The normalized spacial score (nSPS) is 10.8. The summed E-state index contributed by atoms with van der Waals surface area (Å²) in [6, 6.07) is 6.49. The number of carbonyl (C=O) groups excluding carboxylic acids is 1. The molecule has 17 heavy (non-hydrogen) atoms. The molecule has 2 N–H and O–H groups in total. The summed E-state index contributed by atoms with van der Waals surface area (Å²) >= 11 is 0. The molecule has 0 spiro atoms. The number of rotatable bonds is 3. The van der Waals surface area contributed by atoms with Crippen molar-refractivity contribution in [2.45, 2.75) is 33.7 Å². The largest absolute Gasteiger partial charge is 0.357 e. The standard InChI is InChI=1S/C14H18N2O/c1-4-11-7-14-12(5-9(11)2)6-13(16-14)8-15-10(3)17/h5-7,16H,4,8H2,1-3H3,(H,15,17). The van der Waals surface area contributed by atoms with Gasteiger partial charge in [-0.15, -0.1) is 0 Å². The number of amides is 1. The molecule has 2 aromatic rings. The first-order chi connectivity index (χ1) is 8.10. The molecule has 0 unspecified atom stereocenters. The first-order valence-electron chi connectivity index (χ1n) is 5.95. The van der Waals surface area contributed by atoms with Crippen LogP contribution in [0.2, 0.25) is 0 Å². The van der Waals surface area contributed by atoms with Gasteiger partial charge in [-0.2, -0.15) is 0 Å². The number of benzene rings is 1. The Hall–Kier alpha value is -1.77. The molecule has 0 fully saturated rings. The molecule has 3 nitrogen and oxygen atoms in total. The Kier molecular flexibility index (Phi) is 3.18. The molecule has 2 rings (SSSR count). The molecule has 0 atom stereocenters. The lowest BCUT2D eigenvalue weighted by molar-refractivity contribution is -0.119. The lowest BCUT2D eigenvalue weighted by Crippen LogP contribution is -2.18. The van der Waals surface area contributed by atoms with E-state index < -0.39 is 0 Å². The molecule has 90 valence electrons. The molecule has 0 saturated heterocycles. The third kappa shape index (κ3) is 2.49. The Morgan fingerprint density at radius 3 is 2.76 bits per heavy atom. The van der Waals surface area contributed by atoms with Crippen molar-refractivity contribution in [3.8, 4) is 0 Å². The van der Waals surface area contributed by atoms with Crippen LogP contribution in [0, 0.1) is 6.92 Å². The summed E-state index contributed by atoms with van der Waals surface area (Å²) in [7, 11) is 0. The van der Waals surface area contributed by atoms with Crippen LogP contribution in [0.5, 0.6) is 0 Å². The lowest BCUT2D eigenvalue weighted by Gasteiger charge is -2.02. The zero-order valence-corrected chi connectivity index (χ0v) is 10.6. The minimum absolute atomic E-state index is 0.00548. The smallest absolute Gasteiger partial charge is 0.217 e. The fourth-order valence-corrected chi connectivity index (χ4v) is 2.10. The van der Waals surface area contributed by atoms with E-state index in [-0.39, 0.29) is 5.91 Å². The van der Waals surface area contributed by atoms with Gasteiger partial charge in [0, 0.05) is 18.1 Å². The van der Waals surface area contributed by atoms with Gasteiger partial charge in [0.1, 0.15) is 0 Å². The van der Waals surface area contributed by atoms with Crippen molar-refractivity contribution in [2.24, 2.45) is 0 Å². The summed E-state index contributed by atoms with van der Waals surface area (Å²) in [5.74, 6) is -0.00548. The quantitative estimate of drug-likeness (QED) is 0.836. The van der Waals surface area contributed by atoms with Gasteiger partial charge < -0.3 is 10.3 Å². The van der Waals surface area contributed by atoms with Crippen LogP contribution in [0.4, 0.5) is 0 Å². The average molecular weight is 230 g/mol. The van der Waals surface area contributed by atoms with Gasteiger partial charge >= 0.3 is 0 Å². The Morgan fingerprint density at radius 1 is 1.35 bits per heavy atom. The van der Waals surface area contributed by atoms with Crippen LogP contribution in [-0.2, 0) is 17.8 Å². The van der Waals surface area contributed by atoms with Crippen molar-refractivity contribution in [1.29, 1.82) is 0 Å². The third-order valence-corrected chi connectivity index (χ3v) is 3.04. The lowest BCUT2D eigenvalue weighted by atomic mass is 10.0. The van der Waals surface area contributed by atoms with Gasteiger partial charge in [0.05, 0.1) is 6.54 Å². The van der Waals surface area contributed by atoms with E-state index in [1.165, 1.54) is 23.4 Å². The maximum Gasteiger partial charge on any atom is 0.217 e. The highest BCUT2D eigenvalue weighted by Gasteiger charge is 2.04. The fourth-order valence-electron chi connectivity index (χ4n) is 2.10. The van der Waals surface area contributed by atoms with Crippen LogP contribution in [0.3, 0.4) is 0 Å². The van der Waals surface area contributed by atoms with E-state index in [2.05, 4.69) is 42.3 Å². The maximum absolute atomic E-state index is 10.9. The number of hydrogen-bond donors (Lipinski definition) is 2. The summed E-state index contributed by atoms with van der Waals surface area (Å²) < 4.78 is 0. The van der Waals surface area contributed by atoms with Gasteiger partial charge in [-0.3, -0.25) is 4.79 Å². The van der Waals surface area contributed by atoms with E-state index >= 15 is 0 Å². The number of nitrogens with one attached hydrogen (secondary N) is 2. The predicted octanol–water partition coefficient (Wildman–Crippen LogP) is 2.67. The molecule has 3 heteroatoms. The summed E-state index contributed by atoms with van der Waals surface area (Å²) in [5, 5.41) is 4.00. The second-order valence-electron chi connectivity index (χ2n) is 4.42. The molecule has 1 amide bonds. The van der Waals surface area contributed by atoms with Crippen molar-refractivity contribution < 1.29 is 4.79 Å². The zero-order valence-electron chi connectivity index (χ0n) is 10.6. The Bertz CT molecular complexity index is 555. The SMILES string of the molecule is CCc1cc2[nH]c(CNC(C)=O)cc2cc1C. The summed E-state index contributed by atoms with van der Waals surface area (Å²) in [5.41, 5.74) is 4.88. The van der Waals surface area contributed by atoms with Crippen molar-refractivity contribution in [1.82, 2.24) is 10.3 Å². The Labute approximate surface area is 101 Å². The van der Waals surface area contributed by atoms with E-state index in [9.17, 15) is 4.79 Å². The van der Waals surface area contributed by atoms with E-state index in [0.29, 0.717) is 6.54 Å². The monoisotopic (exact) mass is 230 g/mol. The topological polar surface area (TPSA) is 44.9 Å². The van der Waals surface area contributed by atoms with Crippen LogP contribution in [0.25, 0.3) is 10.9 Å². The molecule has 0 bridgehead atoms. The van der Waals surface area contributed by atoms with Crippen molar-refractivity contribution in [2.75, 3.05) is 0 Å². The highest BCUT2D eigenvalue weighted by atomic mass is 16.1. The van der Waals surface area contributed by atoms with E-state index in [1.807, 2.05) is 0 Å². The van der Waals surface area contributed by atoms with Crippen molar-refractivity contribution >= 4 is 16.8 Å². The zero-order chi connectivity index (χ0) is 12.4. The molecule has 0 aliphatic heterocycles. The van der Waals surface area contributed by atoms with Crippen LogP contribution in [-0.4, -0.2) is 10.9 Å². The highest BCUT2D eigenvalue weighted by Crippen LogP contribution is 2.21. The van der Waals surface area contributed by atoms with E-state index in [0.717, 1.165) is 17.6 Å². The first kappa shape index (κ1) is 11.7. The number of H-pyrrole nitrogens is 1. The van der Waals surface area contributed by atoms with Gasteiger partial charge in [0.15, 0.2) is 0 Å². The number of aryl methyl sites for hydroxylation is 2. The van der Waals surface area contributed by atoms with Crippen molar-refractivity contribution in [3.05, 3.63) is 35.0 Å². The Morgan fingerprint density at radius 2 is 2.12 bits per heavy atom. The predicted molar refractivity (Wildman–Crippen MR) is 69.9 cm³/mol. The minimum Gasteiger partial charge on any atom is -0.357 e. The summed E-state index contributed by atoms with van der Waals surface area (Å²) in [6.45, 7) is 6.39. The molecule has 0 aliphatic rings. The van der Waals surface area contributed by atoms with Crippen LogP contribution in [0.15, 0.2) is 18.2 Å². The number of aromatic amines is 1. The number of hydrogen-bond acceptors (Lipinski definition) is 1. The van der Waals surface area contributed by atoms with E-state index in [1.54, 1.807) is 0 Å². The third-order valence-electron chi connectivity index (χ3n) is 3.04. The molecule has 1 aromatic heterocycles. The fraction of sp³-hybridized carbons (Fsp3) is 0.357. The molecule has 0 saturated carbocycles. The summed E-state index contributed by atoms with van der Waals surface area (Å²) in [6.07, 6.45) is 1.04. The highest BCUT2D eigenvalue weighted by molar-refractivity contribution is 5.82. The van der Waals surface area contributed by atoms with E-state index in [4.69, 9.17) is 0 Å². The first-order valence-corrected chi connectivity index (χ1v) is 5.95. The minimum atomic E-state index is -0.00548. The van der Waals surface area contributed by atoms with Gasteiger partial charge in [-0.25, -0.2) is 0 Å². The van der Waals surface area contributed by atoms with Crippen LogP contribution >= 0.6 is 0 Å². The van der Waals surface area contributed by atoms with Crippen LogP contribution in [0.1, 0.15) is 30.7 Å². The number of aromatic nitrogens is 1. The number of carbonyl (C=O) groups is 1. The van der Waals surface area contributed by atoms with Gasteiger partial charge in [-0.1, -0.05) is 6.92 Å². The second kappa shape index (κ2) is 4.62. The van der Waals surface area contributed by atoms with Gasteiger partial charge in [0.2, 0.25) is 5.91 Å². The van der Waals surface area contributed by atoms with Crippen LogP contribution < -0.4 is 5.32 Å². The Balaban J connectivity index is 2.33. The molecule has 0 radical (unpaired) electrons. The number of fused-ring (bicyclic) bond motifs is 1. The maximum atomic E-state index is 10.9.